The Morgan fingerprint density at radius 1 is 1.41 bits per heavy atom. The monoisotopic (exact) mass is 401 g/mol. The fourth-order valence-electron chi connectivity index (χ4n) is 7.21. The van der Waals surface area contributed by atoms with Gasteiger partial charge in [0.1, 0.15) is 5.76 Å². The highest BCUT2D eigenvalue weighted by atomic mass is 16.7. The number of esters is 1. The van der Waals surface area contributed by atoms with Gasteiger partial charge in [-0.1, -0.05) is 19.1 Å². The van der Waals surface area contributed by atoms with Gasteiger partial charge in [0.2, 0.25) is 11.5 Å². The molecule has 0 aromatic carbocycles. The molecule has 6 aliphatic heterocycles. The van der Waals surface area contributed by atoms with Crippen LogP contribution in [0.5, 0.6) is 0 Å². The van der Waals surface area contributed by atoms with E-state index in [9.17, 15) is 9.90 Å². The predicted molar refractivity (Wildman–Crippen MR) is 101 cm³/mol. The molecule has 0 radical (unpaired) electrons. The van der Waals surface area contributed by atoms with Crippen molar-refractivity contribution < 1.29 is 28.8 Å². The third-order valence-corrected chi connectivity index (χ3v) is 8.12. The van der Waals surface area contributed by atoms with Gasteiger partial charge in [0.15, 0.2) is 5.76 Å². The first-order valence-electron chi connectivity index (χ1n) is 10.6. The lowest BCUT2D eigenvalue weighted by Gasteiger charge is -2.47. The standard InChI is InChI=1S/C22H27NO6/c1-10(24)5-7-21-14-6-8-23(21)13-9-15(21)28-22(14)16(13)11(2)18(29-22)19-17(26-4)12(3)20(25)27-19/h5,7,10-11,13-16,24H,6,8-9H2,1-4H3/b7-5+,19-18-/t10-,11-,13?,14?,15?,16?,21-,22-/m1/s1. The summed E-state index contributed by atoms with van der Waals surface area (Å²) in [4.78, 5) is 14.8. The largest absolute Gasteiger partial charge is 0.492 e. The van der Waals surface area contributed by atoms with Crippen LogP contribution in [0.2, 0.25) is 0 Å². The number of carbonyl (C=O) groups excluding carboxylic acids is 1. The number of hydrogen-bond donors (Lipinski definition) is 1. The third kappa shape index (κ3) is 1.84. The summed E-state index contributed by atoms with van der Waals surface area (Å²) in [5.74, 6) is 0.884. The first-order valence-corrected chi connectivity index (χ1v) is 10.6. The minimum atomic E-state index is -0.701. The zero-order valence-corrected chi connectivity index (χ0v) is 17.2. The molecular formula is C22H27NO6. The van der Waals surface area contributed by atoms with Crippen LogP contribution in [-0.4, -0.2) is 59.2 Å². The zero-order valence-electron chi connectivity index (χ0n) is 17.2. The van der Waals surface area contributed by atoms with Crippen LogP contribution in [0.15, 0.2) is 35.0 Å². The van der Waals surface area contributed by atoms with E-state index in [2.05, 4.69) is 17.9 Å². The molecule has 6 aliphatic rings. The van der Waals surface area contributed by atoms with Crippen molar-refractivity contribution in [3.8, 4) is 0 Å². The Morgan fingerprint density at radius 2 is 2.21 bits per heavy atom. The Kier molecular flexibility index (Phi) is 3.38. The van der Waals surface area contributed by atoms with Gasteiger partial charge in [-0.2, -0.15) is 0 Å². The van der Waals surface area contributed by atoms with Gasteiger partial charge >= 0.3 is 5.97 Å². The molecule has 0 aliphatic carbocycles. The van der Waals surface area contributed by atoms with Gasteiger partial charge in [-0.25, -0.2) is 4.79 Å². The maximum absolute atomic E-state index is 12.2. The van der Waals surface area contributed by atoms with Crippen LogP contribution in [0.1, 0.15) is 33.6 Å². The molecule has 5 bridgehead atoms. The maximum atomic E-state index is 12.2. The summed E-state index contributed by atoms with van der Waals surface area (Å²) in [6.07, 6.45) is 5.59. The van der Waals surface area contributed by atoms with Crippen molar-refractivity contribution in [1.29, 1.82) is 0 Å². The normalized spacial score (nSPS) is 52.5. The van der Waals surface area contributed by atoms with Gasteiger partial charge in [-0.3, -0.25) is 4.90 Å². The van der Waals surface area contributed by atoms with Crippen LogP contribution >= 0.6 is 0 Å². The van der Waals surface area contributed by atoms with Crippen molar-refractivity contribution in [2.45, 2.75) is 63.2 Å². The fraction of sp³-hybridized carbons (Fsp3) is 0.682. The number of aliphatic hydroxyl groups is 1. The van der Waals surface area contributed by atoms with E-state index < -0.39 is 11.9 Å². The lowest BCUT2D eigenvalue weighted by atomic mass is 9.71. The summed E-state index contributed by atoms with van der Waals surface area (Å²) in [5, 5.41) is 9.87. The van der Waals surface area contributed by atoms with E-state index in [0.29, 0.717) is 28.9 Å². The second kappa shape index (κ2) is 5.45. The molecule has 0 saturated carbocycles. The second-order valence-electron chi connectivity index (χ2n) is 9.31. The quantitative estimate of drug-likeness (QED) is 0.571. The molecule has 9 atom stereocenters. The highest BCUT2D eigenvalue weighted by Crippen LogP contribution is 2.72. The van der Waals surface area contributed by atoms with Crippen LogP contribution in [-0.2, 0) is 23.7 Å². The van der Waals surface area contributed by atoms with E-state index >= 15 is 0 Å². The number of nitrogens with zero attached hydrogens (tertiary/aromatic N) is 1. The maximum Gasteiger partial charge on any atom is 0.343 e. The number of methoxy groups -OCH3 is 1. The highest BCUT2D eigenvalue weighted by Gasteiger charge is 2.83. The molecule has 0 aromatic rings. The Morgan fingerprint density at radius 3 is 2.93 bits per heavy atom. The molecule has 1 spiro atoms. The lowest BCUT2D eigenvalue weighted by Crippen LogP contribution is -2.60. The number of aliphatic hydroxyl groups excluding tert-OH is 1. The number of allylic oxidation sites excluding steroid dienone is 1. The van der Waals surface area contributed by atoms with E-state index in [1.54, 1.807) is 21.0 Å². The first kappa shape index (κ1) is 18.0. The summed E-state index contributed by atoms with van der Waals surface area (Å²) in [5.41, 5.74) is 0.259. The predicted octanol–water partition coefficient (Wildman–Crippen LogP) is 1.84. The first-order chi connectivity index (χ1) is 13.8. The summed E-state index contributed by atoms with van der Waals surface area (Å²) in [6.45, 7) is 6.65. The smallest absolute Gasteiger partial charge is 0.343 e. The molecule has 0 aromatic heterocycles. The molecular weight excluding hydrogens is 374 g/mol. The topological polar surface area (TPSA) is 77.5 Å². The number of fused-ring (bicyclic) bond motifs is 1. The van der Waals surface area contributed by atoms with Crippen molar-refractivity contribution in [2.24, 2.45) is 17.8 Å². The Labute approximate surface area is 169 Å². The minimum Gasteiger partial charge on any atom is -0.492 e. The van der Waals surface area contributed by atoms with E-state index in [4.69, 9.17) is 18.9 Å². The number of ether oxygens (including phenoxy) is 4. The average Bonchev–Trinajstić information content (AvgIpc) is 3.38. The summed E-state index contributed by atoms with van der Waals surface area (Å²) in [6, 6.07) is 0.354. The molecule has 6 heterocycles. The molecule has 5 unspecified atom stereocenters. The van der Waals surface area contributed by atoms with Crippen LogP contribution in [0.4, 0.5) is 0 Å². The minimum absolute atomic E-state index is 0.0553. The SMILES string of the molecule is COC1=C(C)C(=O)O/C1=C1\O[C@@]23OC4CC(C2[C@H]1C)N1CCC3[C@]41/C=C/[C@@H](C)O. The summed E-state index contributed by atoms with van der Waals surface area (Å²) < 4.78 is 24.4. The van der Waals surface area contributed by atoms with Crippen LogP contribution < -0.4 is 0 Å². The lowest BCUT2D eigenvalue weighted by molar-refractivity contribution is -0.255. The van der Waals surface area contributed by atoms with Gasteiger partial charge in [-0.05, 0) is 26.7 Å². The molecule has 5 fully saturated rings. The van der Waals surface area contributed by atoms with E-state index in [-0.39, 0.29) is 35.4 Å². The van der Waals surface area contributed by atoms with Crippen LogP contribution in [0.25, 0.3) is 0 Å². The molecule has 7 nitrogen and oxygen atoms in total. The number of rotatable bonds is 3. The zero-order chi connectivity index (χ0) is 20.3. The van der Waals surface area contributed by atoms with Crippen molar-refractivity contribution >= 4 is 5.97 Å². The Balaban J connectivity index is 1.47. The third-order valence-electron chi connectivity index (χ3n) is 8.12. The van der Waals surface area contributed by atoms with Crippen molar-refractivity contribution in [1.82, 2.24) is 4.90 Å². The molecule has 0 amide bonds. The summed E-state index contributed by atoms with van der Waals surface area (Å²) in [7, 11) is 1.55. The van der Waals surface area contributed by atoms with E-state index in [0.717, 1.165) is 19.4 Å². The van der Waals surface area contributed by atoms with Gasteiger partial charge in [-0.15, -0.1) is 0 Å². The number of carbonyl (C=O) groups is 1. The van der Waals surface area contributed by atoms with Crippen molar-refractivity contribution in [2.75, 3.05) is 13.7 Å². The molecule has 5 saturated heterocycles. The molecule has 6 rings (SSSR count). The van der Waals surface area contributed by atoms with Crippen molar-refractivity contribution in [3.63, 3.8) is 0 Å². The molecule has 7 heteroatoms. The fourth-order valence-corrected chi connectivity index (χ4v) is 7.21. The van der Waals surface area contributed by atoms with Gasteiger partial charge in [0, 0.05) is 18.5 Å². The van der Waals surface area contributed by atoms with Gasteiger partial charge in [0.05, 0.1) is 42.3 Å². The van der Waals surface area contributed by atoms with Gasteiger partial charge in [0.25, 0.3) is 0 Å². The van der Waals surface area contributed by atoms with Gasteiger partial charge < -0.3 is 24.1 Å². The van der Waals surface area contributed by atoms with E-state index in [1.807, 2.05) is 6.08 Å². The van der Waals surface area contributed by atoms with E-state index in [1.165, 1.54) is 0 Å². The number of piperidine rings is 1. The van der Waals surface area contributed by atoms with Crippen molar-refractivity contribution in [3.05, 3.63) is 35.0 Å². The highest BCUT2D eigenvalue weighted by molar-refractivity contribution is 5.93. The van der Waals surface area contributed by atoms with Crippen LogP contribution in [0, 0.1) is 17.8 Å². The number of hydrogen-bond acceptors (Lipinski definition) is 7. The molecule has 29 heavy (non-hydrogen) atoms. The van der Waals surface area contributed by atoms with Crippen LogP contribution in [0.3, 0.4) is 0 Å². The summed E-state index contributed by atoms with van der Waals surface area (Å²) >= 11 is 0. The second-order valence-corrected chi connectivity index (χ2v) is 9.31. The number of cyclic esters (lactones) is 1. The molecule has 156 valence electrons. The Bertz CT molecular complexity index is 905. The molecule has 1 N–H and O–H groups in total. The average molecular weight is 401 g/mol. The Hall–Kier alpha value is -1.83.